The third-order valence-electron chi connectivity index (χ3n) is 8.89. The zero-order chi connectivity index (χ0) is 27.4. The van der Waals surface area contributed by atoms with Crippen LogP contribution in [-0.4, -0.2) is 31.9 Å². The second kappa shape index (κ2) is 9.30. The van der Waals surface area contributed by atoms with Gasteiger partial charge in [-0.25, -0.2) is 0 Å². The standard InChI is InChI=1S/C29H28N6O3S/c1-28(2)20-12-13-29(28,3)24(16-20)31-33-27-34(21-9-5-4-6-10-21)26(36)23(39-27)15-19-17-30-32-25(19)18-8-7-11-22(14-18)35(37)38/h4-11,14-15,17,20H,12-13,16H2,1-3H3,(H,30,32)/b23-15-,31-24+,33-27+. The van der Waals surface area contributed by atoms with E-state index in [-0.39, 0.29) is 22.4 Å². The second-order valence-electron chi connectivity index (χ2n) is 11.0. The van der Waals surface area contributed by atoms with Crippen molar-refractivity contribution >= 4 is 46.0 Å². The Bertz CT molecular complexity index is 1570. The number of aromatic amines is 1. The zero-order valence-corrected chi connectivity index (χ0v) is 22.7. The Balaban J connectivity index is 1.38. The number of carbonyl (C=O) groups is 1. The third-order valence-corrected chi connectivity index (χ3v) is 9.85. The Morgan fingerprint density at radius 1 is 1.15 bits per heavy atom. The van der Waals surface area contributed by atoms with Crippen molar-refractivity contribution in [2.45, 2.75) is 40.0 Å². The maximum Gasteiger partial charge on any atom is 0.271 e. The number of anilines is 1. The summed E-state index contributed by atoms with van der Waals surface area (Å²) in [5.41, 5.74) is 3.84. The number of thioether (sulfide) groups is 1. The molecule has 2 unspecified atom stereocenters. The number of fused-ring (bicyclic) bond motifs is 2. The highest BCUT2D eigenvalue weighted by molar-refractivity contribution is 8.19. The lowest BCUT2D eigenvalue weighted by atomic mass is 9.70. The smallest absolute Gasteiger partial charge is 0.271 e. The molecule has 10 heteroatoms. The Morgan fingerprint density at radius 3 is 2.64 bits per heavy atom. The Hall–Kier alpha value is -4.05. The predicted molar refractivity (Wildman–Crippen MR) is 154 cm³/mol. The van der Waals surface area contributed by atoms with Crippen molar-refractivity contribution in [2.24, 2.45) is 27.0 Å². The first-order chi connectivity index (χ1) is 18.7. The minimum Gasteiger partial charge on any atom is -0.277 e. The molecule has 3 aliphatic rings. The fourth-order valence-corrected chi connectivity index (χ4v) is 7.00. The molecule has 2 atom stereocenters. The van der Waals surface area contributed by atoms with Crippen LogP contribution in [0.25, 0.3) is 17.3 Å². The molecule has 2 bridgehead atoms. The van der Waals surface area contributed by atoms with Crippen LogP contribution in [0, 0.1) is 26.9 Å². The van der Waals surface area contributed by atoms with Gasteiger partial charge in [-0.1, -0.05) is 51.1 Å². The molecule has 3 fully saturated rings. The molecule has 2 aliphatic carbocycles. The summed E-state index contributed by atoms with van der Waals surface area (Å²) in [4.78, 5) is 26.6. The summed E-state index contributed by atoms with van der Waals surface area (Å²) in [5, 5.41) is 28.3. The molecule has 1 saturated heterocycles. The quantitative estimate of drug-likeness (QED) is 0.220. The molecule has 1 aromatic heterocycles. The molecule has 2 saturated carbocycles. The summed E-state index contributed by atoms with van der Waals surface area (Å²) in [6, 6.07) is 15.7. The highest BCUT2D eigenvalue weighted by atomic mass is 32.2. The normalized spacial score (nSPS) is 26.8. The van der Waals surface area contributed by atoms with E-state index >= 15 is 0 Å². The van der Waals surface area contributed by atoms with E-state index in [1.165, 1.54) is 30.3 Å². The van der Waals surface area contributed by atoms with E-state index in [1.807, 2.05) is 30.3 Å². The molecule has 198 valence electrons. The van der Waals surface area contributed by atoms with E-state index in [1.54, 1.807) is 29.3 Å². The van der Waals surface area contributed by atoms with Crippen molar-refractivity contribution in [1.82, 2.24) is 10.2 Å². The van der Waals surface area contributed by atoms with Crippen LogP contribution in [0.3, 0.4) is 0 Å². The van der Waals surface area contributed by atoms with Crippen LogP contribution < -0.4 is 4.90 Å². The number of nitro groups is 1. The Kier molecular flexibility index (Phi) is 6.02. The number of nitro benzene ring substituents is 1. The number of H-pyrrole nitrogens is 1. The number of nitrogens with zero attached hydrogens (tertiary/aromatic N) is 5. The first-order valence-electron chi connectivity index (χ1n) is 12.9. The van der Waals surface area contributed by atoms with Crippen LogP contribution in [0.5, 0.6) is 0 Å². The van der Waals surface area contributed by atoms with Crippen molar-refractivity contribution in [2.75, 3.05) is 4.90 Å². The SMILES string of the molecule is CC12CCC(C/C1=N\N=C1\S/C(=C\c3cn[nH]c3-c3cccc([N+](=O)[O-])c3)C(=O)N1c1ccccc1)C2(C)C. The lowest BCUT2D eigenvalue weighted by Gasteiger charge is -2.34. The maximum atomic E-state index is 13.7. The minimum atomic E-state index is -0.436. The molecule has 9 nitrogen and oxygen atoms in total. The predicted octanol–water partition coefficient (Wildman–Crippen LogP) is 6.66. The number of non-ortho nitro benzene ring substituents is 1. The van der Waals surface area contributed by atoms with E-state index in [2.05, 4.69) is 36.1 Å². The van der Waals surface area contributed by atoms with Gasteiger partial charge in [0.15, 0.2) is 0 Å². The number of amidine groups is 1. The number of hydrogen-bond acceptors (Lipinski definition) is 7. The molecule has 0 spiro atoms. The fraction of sp³-hybridized carbons (Fsp3) is 0.310. The molecule has 3 aromatic rings. The molecule has 0 radical (unpaired) electrons. The summed E-state index contributed by atoms with van der Waals surface area (Å²) in [7, 11) is 0. The molecular formula is C29H28N6O3S. The highest BCUT2D eigenvalue weighted by Gasteiger charge is 2.60. The van der Waals surface area contributed by atoms with Gasteiger partial charge in [-0.15, -0.1) is 5.10 Å². The average molecular weight is 541 g/mol. The summed E-state index contributed by atoms with van der Waals surface area (Å²) in [5.74, 6) is 0.393. The Labute approximate surface area is 230 Å². The van der Waals surface area contributed by atoms with Gasteiger partial charge in [-0.3, -0.25) is 24.9 Å². The number of rotatable bonds is 5. The molecule has 6 rings (SSSR count). The zero-order valence-electron chi connectivity index (χ0n) is 21.9. The molecule has 2 aromatic carbocycles. The number of carbonyl (C=O) groups excluding carboxylic acids is 1. The van der Waals surface area contributed by atoms with Gasteiger partial charge in [0.2, 0.25) is 5.17 Å². The van der Waals surface area contributed by atoms with Crippen molar-refractivity contribution in [1.29, 1.82) is 0 Å². The average Bonchev–Trinajstić information content (AvgIpc) is 3.62. The van der Waals surface area contributed by atoms with Crippen molar-refractivity contribution in [3.8, 4) is 11.3 Å². The number of amides is 1. The van der Waals surface area contributed by atoms with Gasteiger partial charge in [-0.05, 0) is 60.6 Å². The van der Waals surface area contributed by atoms with Crippen LogP contribution in [0.4, 0.5) is 11.4 Å². The number of nitrogens with one attached hydrogen (secondary N) is 1. The summed E-state index contributed by atoms with van der Waals surface area (Å²) >= 11 is 1.26. The molecule has 1 amide bonds. The number of aromatic nitrogens is 2. The van der Waals surface area contributed by atoms with Gasteiger partial charge in [0.25, 0.3) is 11.6 Å². The third kappa shape index (κ3) is 4.10. The van der Waals surface area contributed by atoms with Crippen LogP contribution >= 0.6 is 11.8 Å². The molecule has 1 N–H and O–H groups in total. The maximum absolute atomic E-state index is 13.7. The summed E-state index contributed by atoms with van der Waals surface area (Å²) in [6.45, 7) is 6.95. The number of benzene rings is 2. The highest BCUT2D eigenvalue weighted by Crippen LogP contribution is 2.64. The number of hydrogen-bond donors (Lipinski definition) is 1. The molecule has 39 heavy (non-hydrogen) atoms. The lowest BCUT2D eigenvalue weighted by Crippen LogP contribution is -2.32. The van der Waals surface area contributed by atoms with Gasteiger partial charge in [-0.2, -0.15) is 10.2 Å². The van der Waals surface area contributed by atoms with Gasteiger partial charge in [0, 0.05) is 34.4 Å². The van der Waals surface area contributed by atoms with Crippen molar-refractivity contribution in [3.05, 3.63) is 81.4 Å². The number of para-hydroxylation sites is 1. The monoisotopic (exact) mass is 540 g/mol. The van der Waals surface area contributed by atoms with Crippen LogP contribution in [-0.2, 0) is 4.79 Å². The lowest BCUT2D eigenvalue weighted by molar-refractivity contribution is -0.384. The molecule has 2 heterocycles. The van der Waals surface area contributed by atoms with Gasteiger partial charge >= 0.3 is 0 Å². The van der Waals surface area contributed by atoms with Crippen LogP contribution in [0.2, 0.25) is 0 Å². The first kappa shape index (κ1) is 25.2. The van der Waals surface area contributed by atoms with E-state index in [9.17, 15) is 14.9 Å². The second-order valence-corrected chi connectivity index (χ2v) is 12.0. The van der Waals surface area contributed by atoms with Gasteiger partial charge in [0.1, 0.15) is 0 Å². The van der Waals surface area contributed by atoms with Crippen LogP contribution in [0.15, 0.2) is 75.9 Å². The van der Waals surface area contributed by atoms with Crippen LogP contribution in [0.1, 0.15) is 45.6 Å². The topological polar surface area (TPSA) is 117 Å². The first-order valence-corrected chi connectivity index (χ1v) is 13.7. The van der Waals surface area contributed by atoms with E-state index in [0.717, 1.165) is 18.6 Å². The molecule has 1 aliphatic heterocycles. The van der Waals surface area contributed by atoms with E-state index < -0.39 is 4.92 Å². The Morgan fingerprint density at radius 2 is 1.95 bits per heavy atom. The molecular weight excluding hydrogens is 512 g/mol. The van der Waals surface area contributed by atoms with Gasteiger partial charge in [0.05, 0.1) is 27.4 Å². The van der Waals surface area contributed by atoms with E-state index in [0.29, 0.717) is 38.5 Å². The van der Waals surface area contributed by atoms with Crippen molar-refractivity contribution < 1.29 is 9.72 Å². The van der Waals surface area contributed by atoms with Crippen molar-refractivity contribution in [3.63, 3.8) is 0 Å². The van der Waals surface area contributed by atoms with Gasteiger partial charge < -0.3 is 0 Å². The summed E-state index contributed by atoms with van der Waals surface area (Å²) < 4.78 is 0. The summed E-state index contributed by atoms with van der Waals surface area (Å²) in [6.07, 6.45) is 6.62. The van der Waals surface area contributed by atoms with E-state index in [4.69, 9.17) is 5.10 Å². The fourth-order valence-electron chi connectivity index (χ4n) is 6.08. The minimum absolute atomic E-state index is 0.00917. The largest absolute Gasteiger partial charge is 0.277 e.